The van der Waals surface area contributed by atoms with E-state index in [0.717, 1.165) is 0 Å². The molecule has 0 amide bonds. The van der Waals surface area contributed by atoms with Crippen LogP contribution in [0.3, 0.4) is 0 Å². The van der Waals surface area contributed by atoms with Crippen molar-refractivity contribution in [1.82, 2.24) is 0 Å². The second kappa shape index (κ2) is 9.90. The van der Waals surface area contributed by atoms with Crippen LogP contribution in [-0.4, -0.2) is 46.6 Å². The second-order valence-corrected chi connectivity index (χ2v) is 2.13. The van der Waals surface area contributed by atoms with Gasteiger partial charge in [0, 0.05) is 6.92 Å². The van der Waals surface area contributed by atoms with E-state index in [1.54, 1.807) is 0 Å². The first kappa shape index (κ1) is 15.3. The van der Waals surface area contributed by atoms with Crippen molar-refractivity contribution < 1.29 is 34.7 Å². The maximum absolute atomic E-state index is 9.89. The van der Waals surface area contributed by atoms with Crippen molar-refractivity contribution in [2.75, 3.05) is 13.2 Å². The minimum absolute atomic E-state index is 0.0274. The first-order chi connectivity index (χ1) is 6.41. The molecular weight excluding hydrogens is 196 g/mol. The van der Waals surface area contributed by atoms with Gasteiger partial charge in [0.25, 0.3) is 0 Å². The van der Waals surface area contributed by atoms with Gasteiger partial charge in [-0.15, -0.1) is 0 Å². The summed E-state index contributed by atoms with van der Waals surface area (Å²) in [5, 5.41) is 23.8. The molecule has 1 atom stereocenters. The van der Waals surface area contributed by atoms with E-state index in [9.17, 15) is 9.59 Å². The van der Waals surface area contributed by atoms with E-state index in [0.29, 0.717) is 0 Å². The first-order valence-electron chi connectivity index (χ1n) is 3.73. The highest BCUT2D eigenvalue weighted by molar-refractivity contribution is 5.71. The van der Waals surface area contributed by atoms with E-state index in [4.69, 9.17) is 15.3 Å². The molecule has 0 aliphatic rings. The summed E-state index contributed by atoms with van der Waals surface area (Å²) in [7, 11) is 0. The number of rotatable bonds is 4. The molecule has 3 N–H and O–H groups in total. The topological polar surface area (TPSA) is 113 Å². The molecule has 0 aromatic carbocycles. The number of hydrogen-bond acceptors (Lipinski definition) is 6. The lowest BCUT2D eigenvalue weighted by Gasteiger charge is -1.95. The van der Waals surface area contributed by atoms with Crippen LogP contribution in [0.2, 0.25) is 0 Å². The molecule has 7 nitrogen and oxygen atoms in total. The molecule has 14 heavy (non-hydrogen) atoms. The zero-order valence-corrected chi connectivity index (χ0v) is 7.97. The standard InChI is InChI=1S/C4H8O4.C3H6O3/c1-4(6)8-7-3-2-5;1-2(4)3(5)6/h5H,2-3H2,1H3;2,4H,1H3,(H,5,6). The number of carboxylic acid groups (broad SMARTS) is 1. The van der Waals surface area contributed by atoms with Gasteiger partial charge in [-0.25, -0.2) is 9.59 Å². The fraction of sp³-hybridized carbons (Fsp3) is 0.714. The number of carbonyl (C=O) groups is 2. The Hall–Kier alpha value is -1.18. The van der Waals surface area contributed by atoms with Gasteiger partial charge >= 0.3 is 11.9 Å². The molecule has 0 aliphatic heterocycles. The third kappa shape index (κ3) is 17.1. The molecule has 0 fully saturated rings. The number of aliphatic carboxylic acids is 1. The van der Waals surface area contributed by atoms with Crippen LogP contribution < -0.4 is 0 Å². The summed E-state index contributed by atoms with van der Waals surface area (Å²) in [4.78, 5) is 27.5. The molecule has 0 heterocycles. The molecule has 0 radical (unpaired) electrons. The van der Waals surface area contributed by atoms with Gasteiger partial charge in [0.05, 0.1) is 6.61 Å². The molecule has 0 spiro atoms. The Balaban J connectivity index is 0. The molecular formula is C7H14O7. The number of carbonyl (C=O) groups excluding carboxylic acids is 1. The van der Waals surface area contributed by atoms with Crippen LogP contribution in [0.5, 0.6) is 0 Å². The van der Waals surface area contributed by atoms with Gasteiger partial charge < -0.3 is 15.3 Å². The zero-order chi connectivity index (χ0) is 11.6. The third-order valence-corrected chi connectivity index (χ3v) is 0.708. The highest BCUT2D eigenvalue weighted by Crippen LogP contribution is 1.76. The summed E-state index contributed by atoms with van der Waals surface area (Å²) in [6.07, 6.45) is -1.23. The SMILES string of the molecule is CC(=O)OOCCO.CC(O)C(=O)O. The summed E-state index contributed by atoms with van der Waals surface area (Å²) in [5.41, 5.74) is 0. The van der Waals surface area contributed by atoms with Crippen molar-refractivity contribution in [1.29, 1.82) is 0 Å². The van der Waals surface area contributed by atoms with Crippen LogP contribution in [-0.2, 0) is 19.4 Å². The molecule has 0 bridgehead atoms. The first-order valence-corrected chi connectivity index (χ1v) is 3.73. The van der Waals surface area contributed by atoms with Crippen molar-refractivity contribution in [3.8, 4) is 0 Å². The molecule has 0 aromatic rings. The van der Waals surface area contributed by atoms with Crippen molar-refractivity contribution in [3.05, 3.63) is 0 Å². The highest BCUT2D eigenvalue weighted by Gasteiger charge is 2.01. The average Bonchev–Trinajstić information content (AvgIpc) is 2.05. The minimum Gasteiger partial charge on any atom is -0.479 e. The van der Waals surface area contributed by atoms with Crippen molar-refractivity contribution in [2.24, 2.45) is 0 Å². The summed E-state index contributed by atoms with van der Waals surface area (Å²) in [6, 6.07) is 0. The zero-order valence-electron chi connectivity index (χ0n) is 7.97. The molecule has 0 rings (SSSR count). The van der Waals surface area contributed by atoms with E-state index in [1.807, 2.05) is 0 Å². The van der Waals surface area contributed by atoms with E-state index in [2.05, 4.69) is 9.78 Å². The van der Waals surface area contributed by atoms with Crippen LogP contribution in [0.15, 0.2) is 0 Å². The Morgan fingerprint density at radius 1 is 1.43 bits per heavy atom. The average molecular weight is 210 g/mol. The Kier molecular flexibility index (Phi) is 10.8. The molecule has 0 aromatic heterocycles. The maximum atomic E-state index is 9.89. The molecule has 0 saturated carbocycles. The van der Waals surface area contributed by atoms with Crippen LogP contribution in [0.25, 0.3) is 0 Å². The lowest BCUT2D eigenvalue weighted by Crippen LogP contribution is -2.13. The molecule has 0 aliphatic carbocycles. The van der Waals surface area contributed by atoms with E-state index < -0.39 is 18.0 Å². The van der Waals surface area contributed by atoms with Gasteiger partial charge in [0.1, 0.15) is 12.7 Å². The maximum Gasteiger partial charge on any atom is 0.339 e. The Labute approximate surface area is 80.8 Å². The normalized spacial score (nSPS) is 10.9. The van der Waals surface area contributed by atoms with Crippen molar-refractivity contribution in [3.63, 3.8) is 0 Å². The largest absolute Gasteiger partial charge is 0.479 e. The van der Waals surface area contributed by atoms with E-state index in [1.165, 1.54) is 13.8 Å². The summed E-state index contributed by atoms with van der Waals surface area (Å²) >= 11 is 0. The molecule has 1 unspecified atom stereocenters. The van der Waals surface area contributed by atoms with Crippen molar-refractivity contribution >= 4 is 11.9 Å². The Bertz CT molecular complexity index is 165. The lowest BCUT2D eigenvalue weighted by molar-refractivity contribution is -0.273. The lowest BCUT2D eigenvalue weighted by atomic mass is 10.4. The smallest absolute Gasteiger partial charge is 0.339 e. The van der Waals surface area contributed by atoms with Crippen LogP contribution in [0.4, 0.5) is 0 Å². The van der Waals surface area contributed by atoms with Crippen LogP contribution in [0.1, 0.15) is 13.8 Å². The monoisotopic (exact) mass is 210 g/mol. The van der Waals surface area contributed by atoms with Gasteiger partial charge in [-0.1, -0.05) is 0 Å². The fourth-order valence-corrected chi connectivity index (χ4v) is 0.162. The second-order valence-electron chi connectivity index (χ2n) is 2.13. The van der Waals surface area contributed by atoms with E-state index in [-0.39, 0.29) is 13.2 Å². The van der Waals surface area contributed by atoms with Gasteiger partial charge in [-0.3, -0.25) is 4.89 Å². The number of carboxylic acids is 1. The molecule has 0 saturated heterocycles. The summed E-state index contributed by atoms with van der Waals surface area (Å²) in [6.45, 7) is 2.30. The predicted octanol–water partition coefficient (Wildman–Crippen LogP) is -1.07. The Morgan fingerprint density at radius 2 is 1.86 bits per heavy atom. The van der Waals surface area contributed by atoms with Gasteiger partial charge in [-0.2, -0.15) is 4.89 Å². The van der Waals surface area contributed by atoms with E-state index >= 15 is 0 Å². The number of aliphatic hydroxyl groups excluding tert-OH is 2. The number of aliphatic hydroxyl groups is 2. The highest BCUT2D eigenvalue weighted by atomic mass is 17.2. The van der Waals surface area contributed by atoms with Gasteiger partial charge in [0.2, 0.25) is 0 Å². The van der Waals surface area contributed by atoms with Gasteiger partial charge in [-0.05, 0) is 6.92 Å². The molecule has 84 valence electrons. The van der Waals surface area contributed by atoms with Crippen LogP contribution >= 0.6 is 0 Å². The number of hydrogen-bond donors (Lipinski definition) is 3. The van der Waals surface area contributed by atoms with Crippen LogP contribution in [0, 0.1) is 0 Å². The minimum atomic E-state index is -1.23. The third-order valence-electron chi connectivity index (χ3n) is 0.708. The Morgan fingerprint density at radius 3 is 2.07 bits per heavy atom. The van der Waals surface area contributed by atoms with Crippen molar-refractivity contribution in [2.45, 2.75) is 20.0 Å². The predicted molar refractivity (Wildman–Crippen MR) is 44.1 cm³/mol. The quantitative estimate of drug-likeness (QED) is 0.307. The molecule has 7 heteroatoms. The van der Waals surface area contributed by atoms with Gasteiger partial charge in [0.15, 0.2) is 0 Å². The fourth-order valence-electron chi connectivity index (χ4n) is 0.162. The summed E-state index contributed by atoms with van der Waals surface area (Å²) in [5.74, 6) is -1.70. The summed E-state index contributed by atoms with van der Waals surface area (Å²) < 4.78 is 0.